The first kappa shape index (κ1) is 18.1. The highest BCUT2D eigenvalue weighted by molar-refractivity contribution is 7.89. The van der Waals surface area contributed by atoms with Crippen molar-refractivity contribution < 1.29 is 17.7 Å². The van der Waals surface area contributed by atoms with Gasteiger partial charge < -0.3 is 9.84 Å². The lowest BCUT2D eigenvalue weighted by atomic mass is 10.0. The summed E-state index contributed by atoms with van der Waals surface area (Å²) < 4.78 is 31.9. The fourth-order valence-electron chi connectivity index (χ4n) is 2.81. The molecule has 0 bridgehead atoms. The van der Waals surface area contributed by atoms with E-state index < -0.39 is 10.0 Å². The molecule has 136 valence electrons. The maximum absolute atomic E-state index is 12.4. The van der Waals surface area contributed by atoms with Crippen LogP contribution in [0.1, 0.15) is 21.8 Å². The summed E-state index contributed by atoms with van der Waals surface area (Å²) in [5.41, 5.74) is 0.853. The number of fused-ring (bicyclic) bond motifs is 1. The largest absolute Gasteiger partial charge is 0.360 e. The molecular formula is C18H19N3O4S. The van der Waals surface area contributed by atoms with Gasteiger partial charge in [-0.1, -0.05) is 41.6 Å². The summed E-state index contributed by atoms with van der Waals surface area (Å²) in [4.78, 5) is 12.4. The third-order valence-corrected chi connectivity index (χ3v) is 5.68. The topological polar surface area (TPSA) is 101 Å². The maximum Gasteiger partial charge on any atom is 0.251 e. The predicted octanol–water partition coefficient (Wildman–Crippen LogP) is 2.15. The predicted molar refractivity (Wildman–Crippen MR) is 97.4 cm³/mol. The highest BCUT2D eigenvalue weighted by atomic mass is 32.2. The Hall–Kier alpha value is -2.71. The van der Waals surface area contributed by atoms with Gasteiger partial charge in [0.1, 0.15) is 10.6 Å². The molecule has 0 saturated carbocycles. The van der Waals surface area contributed by atoms with Crippen LogP contribution in [0.2, 0.25) is 0 Å². The van der Waals surface area contributed by atoms with Gasteiger partial charge in [0, 0.05) is 18.7 Å². The van der Waals surface area contributed by atoms with E-state index in [0.29, 0.717) is 11.3 Å². The fraction of sp³-hybridized carbons (Fsp3) is 0.222. The highest BCUT2D eigenvalue weighted by Gasteiger charge is 2.23. The van der Waals surface area contributed by atoms with E-state index in [2.05, 4.69) is 15.2 Å². The standard InChI is InChI=1S/C18H19N3O4S/c1-12-17(13(2)25-21-12)26(23,24)20-11-10-19-18(22)16-9-5-7-14-6-3-4-8-15(14)16/h3-9,20H,10-11H2,1-2H3,(H,19,22). The van der Waals surface area contributed by atoms with Crippen molar-refractivity contribution in [2.75, 3.05) is 13.1 Å². The Balaban J connectivity index is 1.62. The molecule has 0 atom stereocenters. The molecule has 26 heavy (non-hydrogen) atoms. The molecule has 8 heteroatoms. The van der Waals surface area contributed by atoms with Crippen molar-refractivity contribution >= 4 is 26.7 Å². The van der Waals surface area contributed by atoms with Gasteiger partial charge in [0.15, 0.2) is 5.76 Å². The average Bonchev–Trinajstić information content (AvgIpc) is 2.97. The molecule has 0 aliphatic carbocycles. The Bertz CT molecular complexity index is 1030. The van der Waals surface area contributed by atoms with Crippen LogP contribution < -0.4 is 10.0 Å². The van der Waals surface area contributed by atoms with Gasteiger partial charge in [0.05, 0.1) is 0 Å². The second kappa shape index (κ2) is 7.27. The lowest BCUT2D eigenvalue weighted by molar-refractivity contribution is 0.0956. The zero-order chi connectivity index (χ0) is 18.7. The van der Waals surface area contributed by atoms with E-state index in [1.807, 2.05) is 36.4 Å². The Labute approximate surface area is 151 Å². The van der Waals surface area contributed by atoms with Crippen LogP contribution in [0.25, 0.3) is 10.8 Å². The third kappa shape index (κ3) is 3.61. The van der Waals surface area contributed by atoms with Crippen LogP contribution in [0.5, 0.6) is 0 Å². The zero-order valence-corrected chi connectivity index (χ0v) is 15.3. The fourth-order valence-corrected chi connectivity index (χ4v) is 4.17. The van der Waals surface area contributed by atoms with E-state index in [9.17, 15) is 13.2 Å². The normalized spacial score (nSPS) is 11.6. The first-order chi connectivity index (χ1) is 12.4. The van der Waals surface area contributed by atoms with Gasteiger partial charge in [-0.15, -0.1) is 0 Å². The summed E-state index contributed by atoms with van der Waals surface area (Å²) in [6.45, 7) is 3.32. The van der Waals surface area contributed by atoms with Crippen molar-refractivity contribution in [2.24, 2.45) is 0 Å². The molecule has 1 heterocycles. The minimum absolute atomic E-state index is 0.0397. The molecule has 3 aromatic rings. The average molecular weight is 373 g/mol. The number of carbonyl (C=O) groups is 1. The van der Waals surface area contributed by atoms with E-state index in [-0.39, 0.29) is 29.7 Å². The number of hydrogen-bond acceptors (Lipinski definition) is 5. The number of hydrogen-bond donors (Lipinski definition) is 2. The Morgan fingerprint density at radius 1 is 1.08 bits per heavy atom. The third-order valence-electron chi connectivity index (χ3n) is 3.97. The van der Waals surface area contributed by atoms with Gasteiger partial charge in [-0.25, -0.2) is 13.1 Å². The highest BCUT2D eigenvalue weighted by Crippen LogP contribution is 2.19. The molecule has 1 amide bonds. The second-order valence-electron chi connectivity index (χ2n) is 5.83. The lowest BCUT2D eigenvalue weighted by Crippen LogP contribution is -2.35. The van der Waals surface area contributed by atoms with Crippen LogP contribution in [-0.2, 0) is 10.0 Å². The number of sulfonamides is 1. The van der Waals surface area contributed by atoms with Crippen molar-refractivity contribution in [3.63, 3.8) is 0 Å². The summed E-state index contributed by atoms with van der Waals surface area (Å²) >= 11 is 0. The Kier molecular flexibility index (Phi) is 5.06. The first-order valence-corrected chi connectivity index (χ1v) is 9.57. The molecule has 7 nitrogen and oxygen atoms in total. The lowest BCUT2D eigenvalue weighted by Gasteiger charge is -2.09. The number of benzene rings is 2. The van der Waals surface area contributed by atoms with Gasteiger partial charge >= 0.3 is 0 Å². The number of rotatable bonds is 6. The van der Waals surface area contributed by atoms with E-state index in [1.54, 1.807) is 13.0 Å². The van der Waals surface area contributed by atoms with Crippen LogP contribution in [0.15, 0.2) is 51.9 Å². The van der Waals surface area contributed by atoms with E-state index in [4.69, 9.17) is 4.52 Å². The molecule has 0 aliphatic rings. The van der Waals surface area contributed by atoms with E-state index in [1.165, 1.54) is 6.92 Å². The van der Waals surface area contributed by atoms with Crippen molar-refractivity contribution in [2.45, 2.75) is 18.7 Å². The first-order valence-electron chi connectivity index (χ1n) is 8.08. The zero-order valence-electron chi connectivity index (χ0n) is 14.4. The van der Waals surface area contributed by atoms with Gasteiger partial charge in [0.25, 0.3) is 5.91 Å². The Morgan fingerprint density at radius 2 is 1.81 bits per heavy atom. The number of nitrogens with one attached hydrogen (secondary N) is 2. The molecule has 2 N–H and O–H groups in total. The Morgan fingerprint density at radius 3 is 2.54 bits per heavy atom. The molecule has 0 spiro atoms. The van der Waals surface area contributed by atoms with Crippen molar-refractivity contribution in [1.82, 2.24) is 15.2 Å². The summed E-state index contributed by atoms with van der Waals surface area (Å²) in [7, 11) is -3.73. The monoisotopic (exact) mass is 373 g/mol. The molecule has 3 rings (SSSR count). The summed E-state index contributed by atoms with van der Waals surface area (Å²) in [6.07, 6.45) is 0. The smallest absolute Gasteiger partial charge is 0.251 e. The van der Waals surface area contributed by atoms with Crippen molar-refractivity contribution in [3.8, 4) is 0 Å². The molecule has 1 aromatic heterocycles. The molecule has 0 radical (unpaired) electrons. The summed E-state index contributed by atoms with van der Waals surface area (Å²) in [6, 6.07) is 13.1. The molecule has 2 aromatic carbocycles. The minimum Gasteiger partial charge on any atom is -0.360 e. The van der Waals surface area contributed by atoms with Gasteiger partial charge in [-0.05, 0) is 30.7 Å². The number of aryl methyl sites for hydroxylation is 2. The molecule has 0 aliphatic heterocycles. The van der Waals surface area contributed by atoms with Crippen LogP contribution in [0, 0.1) is 13.8 Å². The van der Waals surface area contributed by atoms with E-state index in [0.717, 1.165) is 10.8 Å². The van der Waals surface area contributed by atoms with Crippen LogP contribution >= 0.6 is 0 Å². The maximum atomic E-state index is 12.4. The minimum atomic E-state index is -3.73. The number of aromatic nitrogens is 1. The summed E-state index contributed by atoms with van der Waals surface area (Å²) in [5, 5.41) is 8.20. The number of amides is 1. The SMILES string of the molecule is Cc1noc(C)c1S(=O)(=O)NCCNC(=O)c1cccc2ccccc12. The summed E-state index contributed by atoms with van der Waals surface area (Å²) in [5.74, 6) is -0.0203. The molecule has 0 unspecified atom stereocenters. The molecule has 0 fully saturated rings. The van der Waals surface area contributed by atoms with Crippen LogP contribution in [0.3, 0.4) is 0 Å². The van der Waals surface area contributed by atoms with Crippen molar-refractivity contribution in [1.29, 1.82) is 0 Å². The second-order valence-corrected chi connectivity index (χ2v) is 7.54. The van der Waals surface area contributed by atoms with Crippen LogP contribution in [0.4, 0.5) is 0 Å². The molecule has 0 saturated heterocycles. The number of nitrogens with zero attached hydrogens (tertiary/aromatic N) is 1. The van der Waals surface area contributed by atoms with Gasteiger partial charge in [-0.2, -0.15) is 0 Å². The quantitative estimate of drug-likeness (QED) is 0.645. The van der Waals surface area contributed by atoms with Gasteiger partial charge in [-0.3, -0.25) is 4.79 Å². The van der Waals surface area contributed by atoms with E-state index >= 15 is 0 Å². The molecular weight excluding hydrogens is 354 g/mol. The van der Waals surface area contributed by atoms with Crippen LogP contribution in [-0.4, -0.2) is 32.6 Å². The van der Waals surface area contributed by atoms with Gasteiger partial charge in [0.2, 0.25) is 10.0 Å². The number of carbonyl (C=O) groups excluding carboxylic acids is 1. The van der Waals surface area contributed by atoms with Crippen molar-refractivity contribution in [3.05, 3.63) is 59.5 Å².